The number of aromatic nitrogens is 1. The first-order valence-electron chi connectivity index (χ1n) is 10.9. The third-order valence-corrected chi connectivity index (χ3v) is 5.21. The van der Waals surface area contributed by atoms with Crippen LogP contribution >= 0.6 is 0 Å². The van der Waals surface area contributed by atoms with E-state index in [0.29, 0.717) is 6.42 Å². The Bertz CT molecular complexity index is 1060. The molecule has 1 amide bonds. The molecule has 0 saturated heterocycles. The van der Waals surface area contributed by atoms with Gasteiger partial charge in [0.1, 0.15) is 25.8 Å². The molecule has 3 aromatic rings. The number of carbonyl (C=O) groups excluding carboxylic acids is 1. The lowest BCUT2D eigenvalue weighted by Gasteiger charge is -2.26. The van der Waals surface area contributed by atoms with E-state index in [2.05, 4.69) is 55.7 Å². The summed E-state index contributed by atoms with van der Waals surface area (Å²) in [4.78, 5) is 12.7. The van der Waals surface area contributed by atoms with Gasteiger partial charge >= 0.3 is 0 Å². The number of pyridine rings is 1. The zero-order chi connectivity index (χ0) is 22.9. The van der Waals surface area contributed by atoms with Crippen LogP contribution in [-0.2, 0) is 16.6 Å². The predicted octanol–water partition coefficient (Wildman–Crippen LogP) is 1.34. The number of halogens is 1. The van der Waals surface area contributed by atoms with Gasteiger partial charge in [-0.25, -0.2) is 4.57 Å². The third-order valence-electron chi connectivity index (χ3n) is 5.21. The summed E-state index contributed by atoms with van der Waals surface area (Å²) in [6.07, 6.45) is 3.61. The van der Waals surface area contributed by atoms with Crippen LogP contribution in [0.1, 0.15) is 37.5 Å². The molecule has 33 heavy (non-hydrogen) atoms. The van der Waals surface area contributed by atoms with E-state index in [0.717, 1.165) is 22.3 Å². The van der Waals surface area contributed by atoms with Gasteiger partial charge in [-0.05, 0) is 35.1 Å². The van der Waals surface area contributed by atoms with Crippen molar-refractivity contribution in [3.8, 4) is 17.2 Å². The minimum atomic E-state index is -0.651. The highest BCUT2D eigenvalue weighted by molar-refractivity contribution is 5.81. The molecule has 0 fully saturated rings. The predicted molar refractivity (Wildman–Crippen MR) is 124 cm³/mol. The van der Waals surface area contributed by atoms with Crippen LogP contribution in [-0.4, -0.2) is 18.6 Å². The summed E-state index contributed by atoms with van der Waals surface area (Å²) in [6.45, 7) is 4.08. The first-order valence-corrected chi connectivity index (χ1v) is 10.9. The van der Waals surface area contributed by atoms with Crippen LogP contribution in [0, 0.1) is 17.2 Å². The Balaban J connectivity index is 0.00000385. The molecular weight excluding hydrogens is 525 g/mol. The number of nitrogens with zero attached hydrogens (tertiary/aromatic N) is 2. The molecule has 0 saturated carbocycles. The normalized spacial score (nSPS) is 12.3. The van der Waals surface area contributed by atoms with Crippen LogP contribution < -0.4 is 33.9 Å². The number of benzene rings is 2. The van der Waals surface area contributed by atoms with E-state index in [4.69, 9.17) is 10.00 Å². The van der Waals surface area contributed by atoms with Crippen LogP contribution in [0.4, 0.5) is 0 Å². The molecular formula is C27H30IN3O2. The number of amides is 1. The van der Waals surface area contributed by atoms with E-state index in [1.165, 1.54) is 0 Å². The van der Waals surface area contributed by atoms with Gasteiger partial charge in [0.25, 0.3) is 0 Å². The van der Waals surface area contributed by atoms with Gasteiger partial charge < -0.3 is 34.0 Å². The molecule has 0 radical (unpaired) electrons. The fourth-order valence-electron chi connectivity index (χ4n) is 3.64. The standard InChI is InChI=1S/C27H29N3O2.HI/c1-20(2)18-25(27(31)29-16-15-28)32-26(22-8-5-4-6-9-22)23-13-11-21(12-14-23)24-10-7-17-30(3)19-24;/h4-14,17,19-20,25-26H,16,18H2,1-3H3;1H/t25-,26+;/m0./s1. The number of rotatable bonds is 9. The van der Waals surface area contributed by atoms with Gasteiger partial charge in [0.2, 0.25) is 5.91 Å². The van der Waals surface area contributed by atoms with Crippen LogP contribution in [0.15, 0.2) is 79.1 Å². The zero-order valence-corrected chi connectivity index (χ0v) is 21.4. The Hall–Kier alpha value is -2.76. The van der Waals surface area contributed by atoms with Crippen molar-refractivity contribution >= 4 is 5.91 Å². The summed E-state index contributed by atoms with van der Waals surface area (Å²) in [5, 5.41) is 11.5. The van der Waals surface area contributed by atoms with Crippen LogP contribution in [0.25, 0.3) is 11.1 Å². The Labute approximate surface area is 213 Å². The summed E-state index contributed by atoms with van der Waals surface area (Å²) in [5.41, 5.74) is 4.20. The van der Waals surface area contributed by atoms with Gasteiger partial charge in [-0.2, -0.15) is 5.26 Å². The number of hydrogen-bond acceptors (Lipinski definition) is 3. The second-order valence-corrected chi connectivity index (χ2v) is 8.30. The summed E-state index contributed by atoms with van der Waals surface area (Å²) in [7, 11) is 2.00. The highest BCUT2D eigenvalue weighted by atomic mass is 127. The Morgan fingerprint density at radius 1 is 1.00 bits per heavy atom. The maximum absolute atomic E-state index is 12.7. The molecule has 0 aliphatic rings. The van der Waals surface area contributed by atoms with Crippen molar-refractivity contribution in [3.63, 3.8) is 0 Å². The maximum atomic E-state index is 12.7. The van der Waals surface area contributed by atoms with Crippen molar-refractivity contribution < 1.29 is 38.1 Å². The van der Waals surface area contributed by atoms with Crippen LogP contribution in [0.3, 0.4) is 0 Å². The third kappa shape index (κ3) is 7.65. The molecule has 1 aromatic heterocycles. The molecule has 2 atom stereocenters. The highest BCUT2D eigenvalue weighted by Crippen LogP contribution is 2.30. The van der Waals surface area contributed by atoms with E-state index in [1.54, 1.807) is 0 Å². The molecule has 1 heterocycles. The van der Waals surface area contributed by atoms with Gasteiger partial charge in [0.05, 0.1) is 6.07 Å². The average molecular weight is 555 g/mol. The largest absolute Gasteiger partial charge is 1.00 e. The lowest BCUT2D eigenvalue weighted by Crippen LogP contribution is -3.00. The number of ether oxygens (including phenoxy) is 1. The lowest BCUT2D eigenvalue weighted by molar-refractivity contribution is -0.671. The molecule has 1 N–H and O–H groups in total. The number of nitrogens with one attached hydrogen (secondary N) is 1. The smallest absolute Gasteiger partial charge is 0.250 e. The molecule has 0 aliphatic carbocycles. The second-order valence-electron chi connectivity index (χ2n) is 8.30. The van der Waals surface area contributed by atoms with E-state index >= 15 is 0 Å². The fourth-order valence-corrected chi connectivity index (χ4v) is 3.64. The van der Waals surface area contributed by atoms with Crippen LogP contribution in [0.5, 0.6) is 0 Å². The molecule has 0 unspecified atom stereocenters. The summed E-state index contributed by atoms with van der Waals surface area (Å²) in [5.74, 6) is 0.0139. The van der Waals surface area contributed by atoms with E-state index < -0.39 is 12.2 Å². The summed E-state index contributed by atoms with van der Waals surface area (Å²) < 4.78 is 8.45. The molecule has 0 aliphatic heterocycles. The molecule has 6 heteroatoms. The van der Waals surface area contributed by atoms with Crippen molar-refractivity contribution in [3.05, 3.63) is 90.3 Å². The molecule has 5 nitrogen and oxygen atoms in total. The van der Waals surface area contributed by atoms with Gasteiger partial charge in [-0.1, -0.05) is 68.4 Å². The number of carbonyl (C=O) groups is 1. The van der Waals surface area contributed by atoms with Gasteiger partial charge in [-0.3, -0.25) is 4.79 Å². The topological polar surface area (TPSA) is 66.0 Å². The van der Waals surface area contributed by atoms with Gasteiger partial charge in [0.15, 0.2) is 12.4 Å². The molecule has 0 spiro atoms. The molecule has 3 rings (SSSR count). The summed E-state index contributed by atoms with van der Waals surface area (Å²) in [6, 6.07) is 24.3. The zero-order valence-electron chi connectivity index (χ0n) is 19.2. The Morgan fingerprint density at radius 2 is 1.67 bits per heavy atom. The van der Waals surface area contributed by atoms with E-state index in [9.17, 15) is 4.79 Å². The number of nitriles is 1. The first kappa shape index (κ1) is 26.5. The SMILES string of the molecule is CC(C)C[C@H](O[C@H](c1ccccc1)c1ccc(-c2ccc[n+](C)c2)cc1)C(=O)NCC#N.[I-]. The minimum Gasteiger partial charge on any atom is -1.00 e. The summed E-state index contributed by atoms with van der Waals surface area (Å²) >= 11 is 0. The van der Waals surface area contributed by atoms with Crippen molar-refractivity contribution in [2.45, 2.75) is 32.5 Å². The first-order chi connectivity index (χ1) is 15.5. The van der Waals surface area contributed by atoms with Crippen molar-refractivity contribution in [1.29, 1.82) is 5.26 Å². The van der Waals surface area contributed by atoms with Crippen LogP contribution in [0.2, 0.25) is 0 Å². The highest BCUT2D eigenvalue weighted by Gasteiger charge is 2.26. The quantitative estimate of drug-likeness (QED) is 0.246. The number of aryl methyl sites for hydroxylation is 1. The minimum absolute atomic E-state index is 0. The molecule has 0 bridgehead atoms. The van der Waals surface area contributed by atoms with Crippen molar-refractivity contribution in [2.75, 3.05) is 6.54 Å². The van der Waals surface area contributed by atoms with Crippen molar-refractivity contribution in [2.24, 2.45) is 13.0 Å². The molecule has 172 valence electrons. The number of hydrogen-bond donors (Lipinski definition) is 1. The van der Waals surface area contributed by atoms with Gasteiger partial charge in [0, 0.05) is 11.6 Å². The monoisotopic (exact) mass is 555 g/mol. The Morgan fingerprint density at radius 3 is 2.27 bits per heavy atom. The van der Waals surface area contributed by atoms with Crippen molar-refractivity contribution in [1.82, 2.24) is 5.32 Å². The average Bonchev–Trinajstić information content (AvgIpc) is 2.80. The maximum Gasteiger partial charge on any atom is 0.250 e. The Kier molecular flexibility index (Phi) is 10.5. The van der Waals surface area contributed by atoms with E-state index in [-0.39, 0.29) is 42.3 Å². The lowest BCUT2D eigenvalue weighted by atomic mass is 9.97. The molecule has 2 aromatic carbocycles. The fraction of sp³-hybridized carbons (Fsp3) is 0.296. The van der Waals surface area contributed by atoms with Gasteiger partial charge in [-0.15, -0.1) is 0 Å². The van der Waals surface area contributed by atoms with E-state index in [1.807, 2.05) is 60.3 Å². The second kappa shape index (κ2) is 13.1.